The third kappa shape index (κ3) is 4.83. The van der Waals surface area contributed by atoms with E-state index in [0.717, 1.165) is 38.5 Å². The lowest BCUT2D eigenvalue weighted by molar-refractivity contribution is -0.142. The monoisotopic (exact) mass is 308 g/mol. The number of ether oxygens (including phenoxy) is 1. The van der Waals surface area contributed by atoms with Crippen LogP contribution in [-0.4, -0.2) is 48.6 Å². The van der Waals surface area contributed by atoms with Crippen LogP contribution in [0.25, 0.3) is 0 Å². The smallest absolute Gasteiger partial charge is 0.243 e. The summed E-state index contributed by atoms with van der Waals surface area (Å²) in [5.41, 5.74) is 0. The summed E-state index contributed by atoms with van der Waals surface area (Å²) in [6.45, 7) is 7.30. The van der Waals surface area contributed by atoms with E-state index in [1.54, 1.807) is 4.90 Å². The van der Waals surface area contributed by atoms with E-state index in [0.29, 0.717) is 25.8 Å². The van der Waals surface area contributed by atoms with Gasteiger partial charge in [-0.15, -0.1) is 6.58 Å². The number of likely N-dealkylation sites (tertiary alicyclic amines) is 1. The van der Waals surface area contributed by atoms with E-state index in [4.69, 9.17) is 4.74 Å². The summed E-state index contributed by atoms with van der Waals surface area (Å²) in [7, 11) is 0. The van der Waals surface area contributed by atoms with E-state index in [1.807, 2.05) is 13.0 Å². The van der Waals surface area contributed by atoms with Gasteiger partial charge in [0.15, 0.2) is 0 Å². The zero-order chi connectivity index (χ0) is 15.9. The van der Waals surface area contributed by atoms with Crippen LogP contribution in [-0.2, 0) is 14.3 Å². The number of nitrogens with zero attached hydrogens (tertiary/aromatic N) is 1. The standard InChI is InChI=1S/C17H28N2O3/c1-3-4-5-11-22-12-13(2)17(21)19-10-6-7-15(19)16(20)18-14-8-9-14/h3,13-15H,1,4-12H2,2H3,(H,18,20). The Morgan fingerprint density at radius 1 is 1.41 bits per heavy atom. The third-order valence-electron chi connectivity index (χ3n) is 4.25. The van der Waals surface area contributed by atoms with Gasteiger partial charge >= 0.3 is 0 Å². The van der Waals surface area contributed by atoms with Crippen molar-refractivity contribution in [1.29, 1.82) is 0 Å². The van der Waals surface area contributed by atoms with Crippen LogP contribution >= 0.6 is 0 Å². The summed E-state index contributed by atoms with van der Waals surface area (Å²) >= 11 is 0. The zero-order valence-electron chi connectivity index (χ0n) is 13.6. The number of hydrogen-bond acceptors (Lipinski definition) is 3. The van der Waals surface area contributed by atoms with Crippen molar-refractivity contribution < 1.29 is 14.3 Å². The molecule has 2 rings (SSSR count). The maximum Gasteiger partial charge on any atom is 0.243 e. The van der Waals surface area contributed by atoms with E-state index >= 15 is 0 Å². The molecule has 2 atom stereocenters. The molecule has 5 nitrogen and oxygen atoms in total. The van der Waals surface area contributed by atoms with Crippen molar-refractivity contribution >= 4 is 11.8 Å². The number of carbonyl (C=O) groups is 2. The molecular weight excluding hydrogens is 280 g/mol. The van der Waals surface area contributed by atoms with Crippen LogP contribution in [0.2, 0.25) is 0 Å². The predicted octanol–water partition coefficient (Wildman–Crippen LogP) is 1.87. The summed E-state index contributed by atoms with van der Waals surface area (Å²) in [5, 5.41) is 3.01. The molecule has 1 heterocycles. The van der Waals surface area contributed by atoms with Gasteiger partial charge in [-0.25, -0.2) is 0 Å². The van der Waals surface area contributed by atoms with E-state index in [9.17, 15) is 9.59 Å². The van der Waals surface area contributed by atoms with Crippen molar-refractivity contribution in [3.8, 4) is 0 Å². The van der Waals surface area contributed by atoms with Crippen LogP contribution in [0.1, 0.15) is 45.4 Å². The average Bonchev–Trinajstić information content (AvgIpc) is 3.18. The number of carbonyl (C=O) groups excluding carboxylic acids is 2. The molecule has 1 aliphatic heterocycles. The molecule has 2 aliphatic rings. The van der Waals surface area contributed by atoms with Gasteiger partial charge in [0.25, 0.3) is 0 Å². The topological polar surface area (TPSA) is 58.6 Å². The highest BCUT2D eigenvalue weighted by molar-refractivity contribution is 5.89. The predicted molar refractivity (Wildman–Crippen MR) is 85.3 cm³/mol. The highest BCUT2D eigenvalue weighted by atomic mass is 16.5. The van der Waals surface area contributed by atoms with Crippen molar-refractivity contribution in [1.82, 2.24) is 10.2 Å². The van der Waals surface area contributed by atoms with Gasteiger partial charge < -0.3 is 15.0 Å². The summed E-state index contributed by atoms with van der Waals surface area (Å²) in [6, 6.07) is 0.0620. The Kier molecular flexibility index (Phi) is 6.43. The lowest BCUT2D eigenvalue weighted by Gasteiger charge is -2.26. The minimum atomic E-state index is -0.281. The Balaban J connectivity index is 1.76. The molecule has 0 aromatic carbocycles. The Hall–Kier alpha value is -1.36. The molecule has 5 heteroatoms. The van der Waals surface area contributed by atoms with Gasteiger partial charge in [-0.1, -0.05) is 13.0 Å². The molecule has 0 aromatic heterocycles. The molecule has 1 N–H and O–H groups in total. The molecule has 0 spiro atoms. The van der Waals surface area contributed by atoms with Gasteiger partial charge in [0.2, 0.25) is 11.8 Å². The second-order valence-corrected chi connectivity index (χ2v) is 6.38. The normalized spacial score (nSPS) is 22.4. The molecule has 1 saturated heterocycles. The maximum atomic E-state index is 12.5. The van der Waals surface area contributed by atoms with Gasteiger partial charge in [-0.05, 0) is 38.5 Å². The van der Waals surface area contributed by atoms with E-state index in [1.165, 1.54) is 0 Å². The Morgan fingerprint density at radius 3 is 2.86 bits per heavy atom. The largest absolute Gasteiger partial charge is 0.381 e. The van der Waals surface area contributed by atoms with E-state index in [-0.39, 0.29) is 23.8 Å². The number of allylic oxidation sites excluding steroid dienone is 1. The number of hydrogen-bond donors (Lipinski definition) is 1. The van der Waals surface area contributed by atoms with Crippen LogP contribution in [0.4, 0.5) is 0 Å². The quantitative estimate of drug-likeness (QED) is 0.522. The van der Waals surface area contributed by atoms with Gasteiger partial charge in [-0.2, -0.15) is 0 Å². The molecule has 0 aromatic rings. The summed E-state index contributed by atoms with van der Waals surface area (Å²) in [4.78, 5) is 26.5. The highest BCUT2D eigenvalue weighted by Gasteiger charge is 2.37. The van der Waals surface area contributed by atoms with Crippen molar-refractivity contribution in [2.24, 2.45) is 5.92 Å². The molecule has 124 valence electrons. The fourth-order valence-electron chi connectivity index (χ4n) is 2.77. The SMILES string of the molecule is C=CCCCOCC(C)C(=O)N1CCCC1C(=O)NC1CC1. The van der Waals surface area contributed by atoms with Gasteiger partial charge in [0.1, 0.15) is 6.04 Å². The first-order chi connectivity index (χ1) is 10.6. The molecule has 2 fully saturated rings. The summed E-state index contributed by atoms with van der Waals surface area (Å²) in [5.74, 6) is -0.136. The van der Waals surface area contributed by atoms with Crippen LogP contribution in [0.3, 0.4) is 0 Å². The fraction of sp³-hybridized carbons (Fsp3) is 0.765. The first-order valence-corrected chi connectivity index (χ1v) is 8.43. The molecule has 0 bridgehead atoms. The summed E-state index contributed by atoms with van der Waals surface area (Å²) in [6.07, 6.45) is 7.55. The van der Waals surface area contributed by atoms with Crippen molar-refractivity contribution in [2.75, 3.05) is 19.8 Å². The second-order valence-electron chi connectivity index (χ2n) is 6.38. The van der Waals surface area contributed by atoms with Crippen molar-refractivity contribution in [3.63, 3.8) is 0 Å². The minimum absolute atomic E-state index is 0.0208. The van der Waals surface area contributed by atoms with Gasteiger partial charge in [0.05, 0.1) is 12.5 Å². The second kappa shape index (κ2) is 8.32. The molecule has 1 saturated carbocycles. The van der Waals surface area contributed by atoms with Crippen molar-refractivity contribution in [2.45, 2.75) is 57.5 Å². The lowest BCUT2D eigenvalue weighted by Crippen LogP contribution is -2.48. The molecule has 2 unspecified atom stereocenters. The van der Waals surface area contributed by atoms with Crippen LogP contribution in [0, 0.1) is 5.92 Å². The molecule has 2 amide bonds. The molecular formula is C17H28N2O3. The van der Waals surface area contributed by atoms with E-state index in [2.05, 4.69) is 11.9 Å². The minimum Gasteiger partial charge on any atom is -0.381 e. The Bertz CT molecular complexity index is 407. The number of unbranched alkanes of at least 4 members (excludes halogenated alkanes) is 1. The first kappa shape index (κ1) is 17.0. The highest BCUT2D eigenvalue weighted by Crippen LogP contribution is 2.23. The molecule has 0 radical (unpaired) electrons. The first-order valence-electron chi connectivity index (χ1n) is 8.43. The molecule has 22 heavy (non-hydrogen) atoms. The molecule has 1 aliphatic carbocycles. The van der Waals surface area contributed by atoms with Crippen molar-refractivity contribution in [3.05, 3.63) is 12.7 Å². The Labute approximate surface area is 133 Å². The van der Waals surface area contributed by atoms with Crippen LogP contribution < -0.4 is 5.32 Å². The average molecular weight is 308 g/mol. The van der Waals surface area contributed by atoms with E-state index < -0.39 is 0 Å². The number of rotatable bonds is 9. The lowest BCUT2D eigenvalue weighted by atomic mass is 10.1. The van der Waals surface area contributed by atoms with Crippen LogP contribution in [0.15, 0.2) is 12.7 Å². The fourth-order valence-corrected chi connectivity index (χ4v) is 2.77. The van der Waals surface area contributed by atoms with Gasteiger partial charge in [-0.3, -0.25) is 9.59 Å². The maximum absolute atomic E-state index is 12.5. The number of nitrogens with one attached hydrogen (secondary N) is 1. The summed E-state index contributed by atoms with van der Waals surface area (Å²) < 4.78 is 5.55. The Morgan fingerprint density at radius 2 is 2.18 bits per heavy atom. The van der Waals surface area contributed by atoms with Crippen LogP contribution in [0.5, 0.6) is 0 Å². The van der Waals surface area contributed by atoms with Gasteiger partial charge in [0, 0.05) is 19.2 Å². The third-order valence-corrected chi connectivity index (χ3v) is 4.25. The number of amides is 2. The zero-order valence-corrected chi connectivity index (χ0v) is 13.6.